The Labute approximate surface area is 259 Å². The second-order valence-electron chi connectivity index (χ2n) is 11.3. The zero-order valence-electron chi connectivity index (χ0n) is 25.7. The van der Waals surface area contributed by atoms with E-state index in [4.69, 9.17) is 4.74 Å². The zero-order valence-corrected chi connectivity index (χ0v) is 25.7. The summed E-state index contributed by atoms with van der Waals surface area (Å²) in [4.78, 5) is 50.9. The molecule has 0 spiro atoms. The molecule has 2 heterocycles. The number of nitrogens with one attached hydrogen (secondary N) is 4. The van der Waals surface area contributed by atoms with Crippen LogP contribution in [0.2, 0.25) is 0 Å². The number of carbonyl (C=O) groups is 2. The number of anilines is 1. The molecule has 2 amide bonds. The molecule has 1 aliphatic heterocycles. The number of hydrogen-bond donors (Lipinski definition) is 4. The number of rotatable bonds is 10. The molecule has 1 unspecified atom stereocenters. The zero-order chi connectivity index (χ0) is 32.2. The fourth-order valence-corrected chi connectivity index (χ4v) is 5.73. The maximum Gasteiger partial charge on any atom is 0.328 e. The van der Waals surface area contributed by atoms with Gasteiger partial charge in [0.2, 0.25) is 5.91 Å². The summed E-state index contributed by atoms with van der Waals surface area (Å²) >= 11 is 0. The molecular formula is C34H36FN5O5. The molecule has 5 rings (SSSR count). The van der Waals surface area contributed by atoms with E-state index in [-0.39, 0.29) is 17.3 Å². The SMILES string of the molecule is COc1cc(-c2cccc(-c3cccc(NC(=O)c4c[nH]c(=O)n(C)c4=O)c3C)c2C)cc(F)c1CNCCC1CNC(=O)C1. The first-order chi connectivity index (χ1) is 21.6. The summed E-state index contributed by atoms with van der Waals surface area (Å²) in [5.74, 6) is -0.212. The minimum atomic E-state index is -0.697. The standard InChI is InChI=1S/C34H36FN5O5/c1-19-23(22-14-28(35)26(30(15-22)45-4)17-36-12-11-21-13-31(41)37-16-21)7-5-8-24(19)25-9-6-10-29(20(25)2)39-32(42)27-18-38-34(44)40(3)33(27)43/h5-10,14-15,18,21,36H,11-13,16-17H2,1-4H3,(H,37,41)(H,38,44)(H,39,42). The summed E-state index contributed by atoms with van der Waals surface area (Å²) in [6.07, 6.45) is 2.46. The molecule has 234 valence electrons. The number of nitrogens with zero attached hydrogens (tertiary/aromatic N) is 1. The van der Waals surface area contributed by atoms with E-state index >= 15 is 4.39 Å². The first-order valence-corrected chi connectivity index (χ1v) is 14.7. The van der Waals surface area contributed by atoms with Crippen LogP contribution in [0.5, 0.6) is 5.75 Å². The Morgan fingerprint density at radius 1 is 1.04 bits per heavy atom. The number of ether oxygens (including phenoxy) is 1. The van der Waals surface area contributed by atoms with Crippen LogP contribution >= 0.6 is 0 Å². The molecule has 10 nitrogen and oxygen atoms in total. The van der Waals surface area contributed by atoms with Gasteiger partial charge < -0.3 is 25.7 Å². The Bertz CT molecular complexity index is 1900. The normalized spacial score (nSPS) is 14.3. The van der Waals surface area contributed by atoms with E-state index < -0.39 is 17.2 Å². The predicted molar refractivity (Wildman–Crippen MR) is 171 cm³/mol. The number of aromatic nitrogens is 2. The molecule has 1 saturated heterocycles. The first-order valence-electron chi connectivity index (χ1n) is 14.7. The van der Waals surface area contributed by atoms with Gasteiger partial charge in [0.15, 0.2) is 0 Å². The lowest BCUT2D eigenvalue weighted by Crippen LogP contribution is -2.37. The minimum absolute atomic E-state index is 0.0770. The number of H-pyrrole nitrogens is 1. The second-order valence-corrected chi connectivity index (χ2v) is 11.3. The van der Waals surface area contributed by atoms with Gasteiger partial charge in [0.05, 0.1) is 7.11 Å². The van der Waals surface area contributed by atoms with Crippen molar-refractivity contribution in [2.24, 2.45) is 13.0 Å². The van der Waals surface area contributed by atoms with E-state index in [0.717, 1.165) is 45.0 Å². The van der Waals surface area contributed by atoms with Crippen LogP contribution in [0.25, 0.3) is 22.3 Å². The molecule has 0 aliphatic carbocycles. The molecule has 1 aromatic heterocycles. The van der Waals surface area contributed by atoms with Crippen molar-refractivity contribution < 1.29 is 18.7 Å². The van der Waals surface area contributed by atoms with Crippen LogP contribution in [0.4, 0.5) is 10.1 Å². The fourth-order valence-electron chi connectivity index (χ4n) is 5.73. The highest BCUT2D eigenvalue weighted by Crippen LogP contribution is 2.37. The van der Waals surface area contributed by atoms with Gasteiger partial charge >= 0.3 is 5.69 Å². The largest absolute Gasteiger partial charge is 0.496 e. The van der Waals surface area contributed by atoms with Crippen molar-refractivity contribution in [1.82, 2.24) is 20.2 Å². The van der Waals surface area contributed by atoms with E-state index in [9.17, 15) is 19.2 Å². The average Bonchev–Trinajstić information content (AvgIpc) is 3.44. The summed E-state index contributed by atoms with van der Waals surface area (Å²) in [5, 5.41) is 8.91. The third kappa shape index (κ3) is 6.58. The molecule has 4 aromatic rings. The number of benzene rings is 3. The highest BCUT2D eigenvalue weighted by Gasteiger charge is 2.21. The molecule has 0 bridgehead atoms. The number of halogens is 1. The van der Waals surface area contributed by atoms with Crippen molar-refractivity contribution in [3.05, 3.63) is 104 Å². The molecule has 1 atom stereocenters. The van der Waals surface area contributed by atoms with Crippen LogP contribution in [0.3, 0.4) is 0 Å². The molecule has 0 radical (unpaired) electrons. The van der Waals surface area contributed by atoms with Crippen LogP contribution in [0.1, 0.15) is 39.9 Å². The quantitative estimate of drug-likeness (QED) is 0.200. The second kappa shape index (κ2) is 13.3. The molecule has 4 N–H and O–H groups in total. The Morgan fingerprint density at radius 3 is 2.47 bits per heavy atom. The molecular weight excluding hydrogens is 577 g/mol. The van der Waals surface area contributed by atoms with Crippen LogP contribution in [0, 0.1) is 25.6 Å². The summed E-state index contributed by atoms with van der Waals surface area (Å²) < 4.78 is 22.0. The van der Waals surface area contributed by atoms with Gasteiger partial charge in [0, 0.05) is 44.0 Å². The van der Waals surface area contributed by atoms with E-state index in [1.165, 1.54) is 20.2 Å². The van der Waals surface area contributed by atoms with E-state index in [1.807, 2.05) is 44.2 Å². The van der Waals surface area contributed by atoms with E-state index in [0.29, 0.717) is 54.5 Å². The molecule has 0 saturated carbocycles. The number of methoxy groups -OCH3 is 1. The van der Waals surface area contributed by atoms with Gasteiger partial charge in [-0.05, 0) is 84.3 Å². The van der Waals surface area contributed by atoms with Crippen molar-refractivity contribution in [1.29, 1.82) is 0 Å². The van der Waals surface area contributed by atoms with Gasteiger partial charge in [-0.15, -0.1) is 0 Å². The van der Waals surface area contributed by atoms with Crippen LogP contribution in [0.15, 0.2) is 64.3 Å². The van der Waals surface area contributed by atoms with Crippen LogP contribution in [-0.2, 0) is 18.4 Å². The lowest BCUT2D eigenvalue weighted by Gasteiger charge is -2.18. The van der Waals surface area contributed by atoms with E-state index in [2.05, 4.69) is 20.9 Å². The molecule has 45 heavy (non-hydrogen) atoms. The van der Waals surface area contributed by atoms with Crippen molar-refractivity contribution in [2.45, 2.75) is 33.2 Å². The number of amides is 2. The summed E-state index contributed by atoms with van der Waals surface area (Å²) in [5.41, 5.74) is 4.38. The maximum absolute atomic E-state index is 15.5. The summed E-state index contributed by atoms with van der Waals surface area (Å²) in [6.45, 7) is 5.47. The van der Waals surface area contributed by atoms with Crippen molar-refractivity contribution in [2.75, 3.05) is 25.5 Å². The molecule has 1 fully saturated rings. The summed E-state index contributed by atoms with van der Waals surface area (Å²) in [7, 11) is 2.82. The van der Waals surface area contributed by atoms with E-state index in [1.54, 1.807) is 12.1 Å². The maximum atomic E-state index is 15.5. The van der Waals surface area contributed by atoms with Gasteiger partial charge in [-0.2, -0.15) is 0 Å². The molecule has 11 heteroatoms. The Morgan fingerprint density at radius 2 is 1.76 bits per heavy atom. The van der Waals surface area contributed by atoms with Gasteiger partial charge in [0.25, 0.3) is 11.5 Å². The number of carbonyl (C=O) groups excluding carboxylic acids is 2. The van der Waals surface area contributed by atoms with Gasteiger partial charge in [0.1, 0.15) is 17.1 Å². The van der Waals surface area contributed by atoms with Crippen molar-refractivity contribution >= 4 is 17.5 Å². The average molecular weight is 614 g/mol. The Hall–Kier alpha value is -5.03. The fraction of sp³-hybridized carbons (Fsp3) is 0.294. The lowest BCUT2D eigenvalue weighted by molar-refractivity contribution is -0.119. The van der Waals surface area contributed by atoms with Crippen LogP contribution < -0.4 is 31.9 Å². The topological polar surface area (TPSA) is 134 Å². The van der Waals surface area contributed by atoms with Crippen molar-refractivity contribution in [3.8, 4) is 28.0 Å². The third-order valence-electron chi connectivity index (χ3n) is 8.41. The smallest absolute Gasteiger partial charge is 0.328 e. The lowest BCUT2D eigenvalue weighted by atomic mass is 9.90. The van der Waals surface area contributed by atoms with Crippen LogP contribution in [-0.4, -0.2) is 41.6 Å². The van der Waals surface area contributed by atoms with Gasteiger partial charge in [-0.3, -0.25) is 19.0 Å². The van der Waals surface area contributed by atoms with Gasteiger partial charge in [-0.1, -0.05) is 30.3 Å². The number of aromatic amines is 1. The Kier molecular flexibility index (Phi) is 9.29. The highest BCUT2D eigenvalue weighted by atomic mass is 19.1. The predicted octanol–water partition coefficient (Wildman–Crippen LogP) is 4.04. The monoisotopic (exact) mass is 613 g/mol. The third-order valence-corrected chi connectivity index (χ3v) is 8.41. The highest BCUT2D eigenvalue weighted by molar-refractivity contribution is 6.04. The molecule has 3 aromatic carbocycles. The summed E-state index contributed by atoms with van der Waals surface area (Å²) in [6, 6.07) is 14.6. The Balaban J connectivity index is 1.39. The minimum Gasteiger partial charge on any atom is -0.496 e. The van der Waals surface area contributed by atoms with Gasteiger partial charge in [-0.25, -0.2) is 9.18 Å². The number of hydrogen-bond acceptors (Lipinski definition) is 6. The molecule has 1 aliphatic rings. The van der Waals surface area contributed by atoms with Crippen molar-refractivity contribution in [3.63, 3.8) is 0 Å². The first kappa shape index (κ1) is 31.4.